The van der Waals surface area contributed by atoms with Gasteiger partial charge in [0, 0.05) is 42.1 Å². The molecule has 3 heteroatoms. The van der Waals surface area contributed by atoms with Crippen LogP contribution in [-0.2, 0) is 0 Å². The Morgan fingerprint density at radius 2 is 1.10 bits per heavy atom. The van der Waals surface area contributed by atoms with Crippen LogP contribution >= 0.6 is 11.3 Å². The molecular weight excluding hydrogens is 506 g/mol. The lowest BCUT2D eigenvalue weighted by atomic mass is 9.84. The SMILES string of the molecule is N#Cc1ccccc1-c1c(-c2cccc3c2oc2ccccc23)cccc1-c1cccc2sc3ccccc3c12. The van der Waals surface area contributed by atoms with Crippen LogP contribution in [0.1, 0.15) is 5.56 Å². The van der Waals surface area contributed by atoms with Crippen LogP contribution in [0.4, 0.5) is 0 Å². The molecule has 0 bridgehead atoms. The fourth-order valence-corrected chi connectivity index (χ4v) is 7.18. The smallest absolute Gasteiger partial charge is 0.143 e. The number of nitriles is 1. The molecule has 2 nitrogen and oxygen atoms in total. The van der Waals surface area contributed by atoms with E-state index in [1.807, 2.05) is 47.7 Å². The number of para-hydroxylation sites is 2. The molecule has 186 valence electrons. The Bertz CT molecular complexity index is 2300. The zero-order valence-electron chi connectivity index (χ0n) is 21.4. The summed E-state index contributed by atoms with van der Waals surface area (Å²) in [6, 6.07) is 46.5. The van der Waals surface area contributed by atoms with Crippen LogP contribution in [0.25, 0.3) is 75.5 Å². The van der Waals surface area contributed by atoms with Crippen LogP contribution in [0.15, 0.2) is 132 Å². The van der Waals surface area contributed by atoms with Gasteiger partial charge < -0.3 is 4.42 Å². The van der Waals surface area contributed by atoms with E-state index in [4.69, 9.17) is 4.42 Å². The van der Waals surface area contributed by atoms with Gasteiger partial charge in [-0.15, -0.1) is 11.3 Å². The van der Waals surface area contributed by atoms with Crippen LogP contribution in [0.5, 0.6) is 0 Å². The Morgan fingerprint density at radius 1 is 0.500 bits per heavy atom. The standard InChI is InChI=1S/C37H21NOS/c38-22-23-10-1-2-11-24(23)35-26(27-16-9-21-34-36(27)31-13-4-6-20-33(31)40-34)14-7-15-28(35)30-18-8-17-29-25-12-3-5-19-32(25)39-37(29)30/h1-21H. The van der Waals surface area contributed by atoms with E-state index < -0.39 is 0 Å². The average Bonchev–Trinajstić information content (AvgIpc) is 3.59. The molecule has 0 atom stereocenters. The second kappa shape index (κ2) is 8.95. The zero-order chi connectivity index (χ0) is 26.6. The van der Waals surface area contributed by atoms with Crippen molar-refractivity contribution in [1.29, 1.82) is 5.26 Å². The molecule has 8 rings (SSSR count). The molecular formula is C37H21NOS. The third-order valence-corrected chi connectivity index (χ3v) is 8.90. The highest BCUT2D eigenvalue weighted by atomic mass is 32.1. The van der Waals surface area contributed by atoms with Crippen molar-refractivity contribution in [3.05, 3.63) is 133 Å². The van der Waals surface area contributed by atoms with Gasteiger partial charge in [0.05, 0.1) is 11.6 Å². The summed E-state index contributed by atoms with van der Waals surface area (Å²) in [6.07, 6.45) is 0. The third kappa shape index (κ3) is 3.34. The Morgan fingerprint density at radius 3 is 2.00 bits per heavy atom. The van der Waals surface area contributed by atoms with Gasteiger partial charge in [-0.05, 0) is 46.5 Å². The minimum atomic E-state index is 0.648. The average molecular weight is 528 g/mol. The van der Waals surface area contributed by atoms with Crippen molar-refractivity contribution in [2.75, 3.05) is 0 Å². The number of nitrogens with zero attached hydrogens (tertiary/aromatic N) is 1. The van der Waals surface area contributed by atoms with Crippen LogP contribution in [0.2, 0.25) is 0 Å². The highest BCUT2D eigenvalue weighted by Crippen LogP contribution is 2.47. The molecule has 0 saturated heterocycles. The fourth-order valence-electron chi connectivity index (χ4n) is 6.05. The molecule has 0 amide bonds. The Kier molecular flexibility index (Phi) is 5.10. The lowest BCUT2D eigenvalue weighted by molar-refractivity contribution is 0.670. The molecule has 0 unspecified atom stereocenters. The second-order valence-corrected chi connectivity index (χ2v) is 11.0. The van der Waals surface area contributed by atoms with Gasteiger partial charge in [0.2, 0.25) is 0 Å². The van der Waals surface area contributed by atoms with Crippen molar-refractivity contribution in [2.24, 2.45) is 0 Å². The molecule has 0 radical (unpaired) electrons. The van der Waals surface area contributed by atoms with E-state index >= 15 is 0 Å². The number of fused-ring (bicyclic) bond motifs is 6. The van der Waals surface area contributed by atoms with E-state index in [1.54, 1.807) is 0 Å². The number of hydrogen-bond donors (Lipinski definition) is 0. The van der Waals surface area contributed by atoms with E-state index in [0.29, 0.717) is 5.56 Å². The number of benzene rings is 6. The normalized spacial score (nSPS) is 11.5. The highest BCUT2D eigenvalue weighted by Gasteiger charge is 2.21. The van der Waals surface area contributed by atoms with E-state index in [2.05, 4.69) is 97.1 Å². The topological polar surface area (TPSA) is 36.9 Å². The van der Waals surface area contributed by atoms with Crippen LogP contribution in [0.3, 0.4) is 0 Å². The fraction of sp³-hybridized carbons (Fsp3) is 0. The Labute approximate surface area is 235 Å². The first-order valence-corrected chi connectivity index (χ1v) is 14.1. The summed E-state index contributed by atoms with van der Waals surface area (Å²) >= 11 is 1.82. The summed E-state index contributed by atoms with van der Waals surface area (Å²) in [7, 11) is 0. The number of furan rings is 1. The largest absolute Gasteiger partial charge is 0.455 e. The second-order valence-electron chi connectivity index (χ2n) is 9.94. The predicted octanol–water partition coefficient (Wildman–Crippen LogP) is 10.8. The lowest BCUT2D eigenvalue weighted by Gasteiger charge is -2.18. The van der Waals surface area contributed by atoms with Gasteiger partial charge >= 0.3 is 0 Å². The third-order valence-electron chi connectivity index (χ3n) is 7.77. The highest BCUT2D eigenvalue weighted by molar-refractivity contribution is 7.25. The molecule has 0 aliphatic rings. The van der Waals surface area contributed by atoms with Crippen LogP contribution < -0.4 is 0 Å². The molecule has 0 aliphatic heterocycles. The Balaban J connectivity index is 1.52. The summed E-state index contributed by atoms with van der Waals surface area (Å²) < 4.78 is 9.01. The minimum absolute atomic E-state index is 0.648. The van der Waals surface area contributed by atoms with E-state index in [0.717, 1.165) is 55.3 Å². The molecule has 8 aromatic rings. The molecule has 0 aliphatic carbocycles. The number of thiophene rings is 1. The number of hydrogen-bond acceptors (Lipinski definition) is 3. The molecule has 0 saturated carbocycles. The monoisotopic (exact) mass is 527 g/mol. The van der Waals surface area contributed by atoms with Gasteiger partial charge in [-0.2, -0.15) is 5.26 Å². The molecule has 0 spiro atoms. The maximum Gasteiger partial charge on any atom is 0.143 e. The number of rotatable bonds is 3. The van der Waals surface area contributed by atoms with Crippen molar-refractivity contribution in [3.63, 3.8) is 0 Å². The van der Waals surface area contributed by atoms with Crippen molar-refractivity contribution >= 4 is 53.4 Å². The summed E-state index contributed by atoms with van der Waals surface area (Å²) in [5.74, 6) is 0. The van der Waals surface area contributed by atoms with Gasteiger partial charge in [0.1, 0.15) is 11.2 Å². The first kappa shape index (κ1) is 22.8. The van der Waals surface area contributed by atoms with E-state index in [9.17, 15) is 5.26 Å². The van der Waals surface area contributed by atoms with Crippen molar-refractivity contribution in [3.8, 4) is 39.4 Å². The summed E-state index contributed by atoms with van der Waals surface area (Å²) in [5, 5.41) is 14.9. The minimum Gasteiger partial charge on any atom is -0.455 e. The maximum atomic E-state index is 10.2. The van der Waals surface area contributed by atoms with Crippen LogP contribution in [0, 0.1) is 11.3 Å². The summed E-state index contributed by atoms with van der Waals surface area (Å²) in [6.45, 7) is 0. The van der Waals surface area contributed by atoms with Crippen molar-refractivity contribution in [1.82, 2.24) is 0 Å². The molecule has 0 fully saturated rings. The zero-order valence-corrected chi connectivity index (χ0v) is 22.2. The molecule has 0 N–H and O–H groups in total. The van der Waals surface area contributed by atoms with Gasteiger partial charge in [-0.1, -0.05) is 103 Å². The molecule has 6 aromatic carbocycles. The Hall–Kier alpha value is -5.17. The quantitative estimate of drug-likeness (QED) is 0.229. The summed E-state index contributed by atoms with van der Waals surface area (Å²) in [5.41, 5.74) is 8.65. The van der Waals surface area contributed by atoms with Crippen molar-refractivity contribution in [2.45, 2.75) is 0 Å². The first-order chi connectivity index (χ1) is 19.8. The van der Waals surface area contributed by atoms with E-state index in [-0.39, 0.29) is 0 Å². The van der Waals surface area contributed by atoms with Gasteiger partial charge in [0.25, 0.3) is 0 Å². The summed E-state index contributed by atoms with van der Waals surface area (Å²) in [4.78, 5) is 0. The predicted molar refractivity (Wildman–Crippen MR) is 168 cm³/mol. The van der Waals surface area contributed by atoms with E-state index in [1.165, 1.54) is 20.2 Å². The molecule has 2 aromatic heterocycles. The van der Waals surface area contributed by atoms with Gasteiger partial charge in [0.15, 0.2) is 0 Å². The molecule has 2 heterocycles. The van der Waals surface area contributed by atoms with Gasteiger partial charge in [-0.3, -0.25) is 0 Å². The van der Waals surface area contributed by atoms with Crippen LogP contribution in [-0.4, -0.2) is 0 Å². The van der Waals surface area contributed by atoms with Crippen molar-refractivity contribution < 1.29 is 4.42 Å². The van der Waals surface area contributed by atoms with Gasteiger partial charge in [-0.25, -0.2) is 0 Å². The maximum absolute atomic E-state index is 10.2. The first-order valence-electron chi connectivity index (χ1n) is 13.3. The lowest BCUT2D eigenvalue weighted by Crippen LogP contribution is -1.93. The molecule has 40 heavy (non-hydrogen) atoms.